The van der Waals surface area contributed by atoms with Gasteiger partial charge < -0.3 is 39.9 Å². The number of nitrogens with one attached hydrogen (secondary N) is 8. The van der Waals surface area contributed by atoms with E-state index in [-0.39, 0.29) is 22.3 Å². The van der Waals surface area contributed by atoms with Gasteiger partial charge in [0.2, 0.25) is 0 Å². The zero-order valence-electron chi connectivity index (χ0n) is 74.5. The Hall–Kier alpha value is -12.3. The van der Waals surface area contributed by atoms with Crippen LogP contribution in [0.3, 0.4) is 0 Å². The van der Waals surface area contributed by atoms with Crippen LogP contribution < -0.4 is 42.8 Å². The van der Waals surface area contributed by atoms with Crippen LogP contribution in [0.1, 0.15) is 271 Å². The second-order valence-electron chi connectivity index (χ2n) is 34.7. The van der Waals surface area contributed by atoms with Crippen LogP contribution in [0.2, 0.25) is 0 Å². The molecule has 654 valence electrons. The highest BCUT2D eigenvalue weighted by Crippen LogP contribution is 2.52. The average Bonchev–Trinajstić information content (AvgIpc) is 1.55. The minimum atomic E-state index is -4.81. The predicted molar refractivity (Wildman–Crippen MR) is 483 cm³/mol. The standard InChI is InChI=1S/C107H102F12N8/c1-19-61-51(9)91-87(71-35-27-31-39-75(71)104(108,109)110)95-55(13)65(23-5)99(124-95)85(100-66(24-6)56(14)96(125-100)88(72-36-28-32-40-76(72)105(111,112)113)92-52(10)62(20-2)82(121-92)49-81(61)120-91)59-43-45-69-70-46-44-60(48-80(70)103(17,18)79(69)47-59)86-101-67(25-7)57(15)97(126-101)89(73-37-29-33-41-77(73)106(114,115)116)93-53(11)63(21-3)83(122-93)50-84-64(22-4)54(12)94(123-84)90(98-58(16)68(26-8)102(86)127-98)74-38-30-34-42-78(74)107(117,118)119/h27-50,120-127H,19-26H2,1-18H3. The predicted octanol–water partition coefficient (Wildman–Crippen LogP) is 21.4. The second kappa shape index (κ2) is 31.6. The average molecular weight is 1730 g/mol. The molecule has 8 nitrogen and oxygen atoms in total. The van der Waals surface area contributed by atoms with Crippen LogP contribution in [0.5, 0.6) is 0 Å². The highest BCUT2D eigenvalue weighted by Gasteiger charge is 2.43. The molecule has 17 rings (SSSR count). The maximum atomic E-state index is 16.1. The Morgan fingerprint density at radius 3 is 0.787 bits per heavy atom. The molecule has 16 bridgehead atoms. The molecule has 0 spiro atoms. The Morgan fingerprint density at radius 1 is 0.244 bits per heavy atom. The van der Waals surface area contributed by atoms with Crippen molar-refractivity contribution in [2.24, 2.45) is 0 Å². The van der Waals surface area contributed by atoms with E-state index in [1.807, 2.05) is 135 Å². The number of hydrogen-bond donors (Lipinski definition) is 8. The largest absolute Gasteiger partial charge is 0.417 e. The molecule has 2 aliphatic heterocycles. The Bertz CT molecular complexity index is 7050. The minimum Gasteiger partial charge on any atom is -0.354 e. The monoisotopic (exact) mass is 1730 g/mol. The number of alkyl halides is 12. The molecule has 6 aromatic carbocycles. The van der Waals surface area contributed by atoms with Crippen LogP contribution in [0.4, 0.5) is 52.7 Å². The van der Waals surface area contributed by atoms with E-state index >= 15 is 52.7 Å². The van der Waals surface area contributed by atoms with Gasteiger partial charge >= 0.3 is 24.7 Å². The van der Waals surface area contributed by atoms with E-state index in [0.29, 0.717) is 229 Å². The first-order chi connectivity index (χ1) is 60.3. The molecular weight excluding hydrogens is 1630 g/mol. The number of hydrogen-bond acceptors (Lipinski definition) is 0. The molecule has 0 amide bonds. The van der Waals surface area contributed by atoms with Crippen LogP contribution in [-0.2, 0) is 81.5 Å². The first-order valence-corrected chi connectivity index (χ1v) is 43.9. The molecule has 0 saturated heterocycles. The second-order valence-corrected chi connectivity index (χ2v) is 34.7. The summed E-state index contributed by atoms with van der Waals surface area (Å²) < 4.78 is 193. The summed E-state index contributed by atoms with van der Waals surface area (Å²) in [6.07, 6.45) is -12.0. The molecule has 127 heavy (non-hydrogen) atoms. The van der Waals surface area contributed by atoms with E-state index in [2.05, 4.69) is 78.0 Å². The number of rotatable bonds is 14. The van der Waals surface area contributed by atoms with Crippen molar-refractivity contribution in [3.8, 4) is 11.1 Å². The van der Waals surface area contributed by atoms with Crippen molar-refractivity contribution in [2.75, 3.05) is 0 Å². The van der Waals surface area contributed by atoms with Gasteiger partial charge in [0.25, 0.3) is 0 Å². The molecule has 0 unspecified atom stereocenters. The summed E-state index contributed by atoms with van der Waals surface area (Å²) in [5, 5.41) is 4.16. The summed E-state index contributed by atoms with van der Waals surface area (Å²) in [4.78, 5) is 30.3. The Kier molecular flexibility index (Phi) is 21.6. The fourth-order valence-electron chi connectivity index (χ4n) is 21.6. The highest BCUT2D eigenvalue weighted by atomic mass is 19.4. The van der Waals surface area contributed by atoms with E-state index in [1.54, 1.807) is 24.3 Å². The maximum Gasteiger partial charge on any atom is 0.417 e. The van der Waals surface area contributed by atoms with Gasteiger partial charge in [-0.2, -0.15) is 52.7 Å². The van der Waals surface area contributed by atoms with E-state index in [9.17, 15) is 0 Å². The van der Waals surface area contributed by atoms with Gasteiger partial charge in [-0.1, -0.05) is 166 Å². The molecule has 8 N–H and O–H groups in total. The molecule has 10 heterocycles. The fourth-order valence-corrected chi connectivity index (χ4v) is 21.6. The lowest BCUT2D eigenvalue weighted by molar-refractivity contribution is -0.138. The Morgan fingerprint density at radius 2 is 0.504 bits per heavy atom. The number of H-pyrrole nitrogens is 8. The first-order valence-electron chi connectivity index (χ1n) is 43.9. The first kappa shape index (κ1) is 86.8. The van der Waals surface area contributed by atoms with Crippen LogP contribution in [-0.4, -0.2) is 39.9 Å². The smallest absolute Gasteiger partial charge is 0.354 e. The molecule has 0 radical (unpaired) electrons. The van der Waals surface area contributed by atoms with Crippen molar-refractivity contribution in [2.45, 2.75) is 206 Å². The normalized spacial score (nSPS) is 14.1. The number of aromatic nitrogens is 8. The third kappa shape index (κ3) is 13.7. The molecule has 0 fully saturated rings. The van der Waals surface area contributed by atoms with Gasteiger partial charge in [0.05, 0.1) is 88.5 Å². The van der Waals surface area contributed by atoms with Crippen LogP contribution in [0.15, 0.2) is 133 Å². The van der Waals surface area contributed by atoms with Gasteiger partial charge in [-0.3, -0.25) is 0 Å². The van der Waals surface area contributed by atoms with Gasteiger partial charge in [-0.15, -0.1) is 0 Å². The summed E-state index contributed by atoms with van der Waals surface area (Å²) >= 11 is 0. The lowest BCUT2D eigenvalue weighted by atomic mass is 9.80. The fraction of sp³-hybridized carbons (Fsp3) is 0.290. The quantitative estimate of drug-likeness (QED) is 0.0494. The lowest BCUT2D eigenvalue weighted by Gasteiger charge is -2.23. The zero-order valence-corrected chi connectivity index (χ0v) is 74.5. The highest BCUT2D eigenvalue weighted by molar-refractivity contribution is 5.94. The van der Waals surface area contributed by atoms with Crippen molar-refractivity contribution < 1.29 is 52.7 Å². The summed E-state index contributed by atoms with van der Waals surface area (Å²) in [6, 6.07) is 35.1. The van der Waals surface area contributed by atoms with Gasteiger partial charge in [-0.05, 0) is 300 Å². The third-order valence-electron chi connectivity index (χ3n) is 27.8. The van der Waals surface area contributed by atoms with Crippen molar-refractivity contribution >= 4 is 45.6 Å². The van der Waals surface area contributed by atoms with E-state index in [0.717, 1.165) is 91.0 Å². The number of aromatic amines is 8. The molecule has 8 aromatic heterocycles. The Balaban J connectivity index is 0.997. The van der Waals surface area contributed by atoms with Crippen LogP contribution in [0, 0.1) is 55.4 Å². The maximum absolute atomic E-state index is 16.1. The number of fused-ring (bicyclic) bond motifs is 19. The van der Waals surface area contributed by atoms with Crippen molar-refractivity contribution in [1.82, 2.24) is 39.9 Å². The number of benzene rings is 6. The molecule has 14 aromatic rings. The molecular formula is C107H102F12N8. The van der Waals surface area contributed by atoms with Crippen molar-refractivity contribution in [3.05, 3.63) is 378 Å². The lowest BCUT2D eigenvalue weighted by Crippen LogP contribution is -2.22. The topological polar surface area (TPSA) is 126 Å². The Labute approximate surface area is 729 Å². The minimum absolute atomic E-state index is 0.0565. The van der Waals surface area contributed by atoms with Gasteiger partial charge in [0.1, 0.15) is 0 Å². The van der Waals surface area contributed by atoms with E-state index in [1.165, 1.54) is 48.5 Å². The molecule has 0 atom stereocenters. The molecule has 0 saturated carbocycles. The molecule has 1 aliphatic carbocycles. The van der Waals surface area contributed by atoms with Gasteiger partial charge in [0, 0.05) is 60.9 Å². The summed E-state index contributed by atoms with van der Waals surface area (Å²) in [5.41, 5.74) is 19.0. The van der Waals surface area contributed by atoms with Crippen molar-refractivity contribution in [1.29, 1.82) is 0 Å². The van der Waals surface area contributed by atoms with Crippen molar-refractivity contribution in [3.63, 3.8) is 0 Å². The summed E-state index contributed by atoms with van der Waals surface area (Å²) in [6.45, 7) is 35.6. The molecule has 20 heteroatoms. The van der Waals surface area contributed by atoms with Crippen LogP contribution in [0.25, 0.3) is 56.7 Å². The van der Waals surface area contributed by atoms with E-state index in [4.69, 9.17) is 0 Å². The van der Waals surface area contributed by atoms with Crippen LogP contribution >= 0.6 is 0 Å². The number of halogens is 12. The van der Waals surface area contributed by atoms with Gasteiger partial charge in [0.15, 0.2) is 0 Å². The SMILES string of the molecule is CCc1c2[nH]c(c1C)C(c1ccccc1C(F)(F)F)=c1[nH]c(c(CC)c1C)=C(c1ccc3c(c1)C(C)(C)c1cc(C4=c5[nH]c(c(C)c5CC)=C(c5ccccc5C(F)(F)F)c5[nH]c(c(CC)c5C)C=c5[nH]c(c(C)c5CC)=C(c5ccccc5C(F)(F)F)c5[nH]c4c(CC)c5C)ccc1-3)c1[nH]c(c(C)c1CC)C(c1ccccc1C(F)(F)F)=c1[nH]c(c(CC)c1C)=C2. The van der Waals surface area contributed by atoms with Gasteiger partial charge in [-0.25, -0.2) is 0 Å². The summed E-state index contributed by atoms with van der Waals surface area (Å²) in [7, 11) is 0. The molecule has 3 aliphatic rings. The zero-order chi connectivity index (χ0) is 90.8. The summed E-state index contributed by atoms with van der Waals surface area (Å²) in [5.74, 6) is 0. The third-order valence-corrected chi connectivity index (χ3v) is 27.8. The van der Waals surface area contributed by atoms with E-state index < -0.39 is 52.4 Å².